The minimum atomic E-state index is 0.178. The van der Waals surface area contributed by atoms with Crippen molar-refractivity contribution in [3.63, 3.8) is 0 Å². The SMILES string of the molecule is O=C(NCCNc1ccc(Nc2ccncc2)nn1)C1CCCC1. The molecule has 0 unspecified atom stereocenters. The van der Waals surface area contributed by atoms with Gasteiger partial charge < -0.3 is 16.0 Å². The first-order valence-corrected chi connectivity index (χ1v) is 8.33. The Balaban J connectivity index is 1.39. The maximum absolute atomic E-state index is 11.9. The first-order valence-electron chi connectivity index (χ1n) is 8.33. The summed E-state index contributed by atoms with van der Waals surface area (Å²) in [4.78, 5) is 15.9. The number of aromatic nitrogens is 3. The highest BCUT2D eigenvalue weighted by Crippen LogP contribution is 2.24. The van der Waals surface area contributed by atoms with Crippen LogP contribution in [0, 0.1) is 5.92 Å². The number of carbonyl (C=O) groups is 1. The van der Waals surface area contributed by atoms with Gasteiger partial charge in [0.2, 0.25) is 5.91 Å². The molecule has 0 atom stereocenters. The molecular weight excluding hydrogens is 304 g/mol. The number of hydrogen-bond acceptors (Lipinski definition) is 6. The molecule has 3 N–H and O–H groups in total. The molecule has 7 nitrogen and oxygen atoms in total. The van der Waals surface area contributed by atoms with E-state index in [0.717, 1.165) is 18.5 Å². The number of carbonyl (C=O) groups excluding carboxylic acids is 1. The third-order valence-corrected chi connectivity index (χ3v) is 4.07. The largest absolute Gasteiger partial charge is 0.367 e. The number of rotatable bonds is 7. The van der Waals surface area contributed by atoms with Crippen molar-refractivity contribution in [2.24, 2.45) is 5.92 Å². The molecule has 0 bridgehead atoms. The van der Waals surface area contributed by atoms with Crippen molar-refractivity contribution in [1.82, 2.24) is 20.5 Å². The fraction of sp³-hybridized carbons (Fsp3) is 0.412. The van der Waals surface area contributed by atoms with E-state index in [-0.39, 0.29) is 11.8 Å². The molecule has 0 aromatic carbocycles. The number of anilines is 3. The quantitative estimate of drug-likeness (QED) is 0.676. The summed E-state index contributed by atoms with van der Waals surface area (Å²) in [5, 5.41) is 17.5. The number of pyridine rings is 1. The zero-order chi connectivity index (χ0) is 16.6. The molecule has 2 aromatic heterocycles. The summed E-state index contributed by atoms with van der Waals surface area (Å²) < 4.78 is 0. The van der Waals surface area contributed by atoms with Crippen LogP contribution in [-0.4, -0.2) is 34.2 Å². The summed E-state index contributed by atoms with van der Waals surface area (Å²) in [6.45, 7) is 1.22. The van der Waals surface area contributed by atoms with Gasteiger partial charge in [-0.1, -0.05) is 12.8 Å². The lowest BCUT2D eigenvalue weighted by atomic mass is 10.1. The van der Waals surface area contributed by atoms with Crippen molar-refractivity contribution < 1.29 is 4.79 Å². The Morgan fingerprint density at radius 1 is 1.00 bits per heavy atom. The van der Waals surface area contributed by atoms with E-state index in [2.05, 4.69) is 31.1 Å². The molecule has 0 saturated heterocycles. The summed E-state index contributed by atoms with van der Waals surface area (Å²) >= 11 is 0. The predicted octanol–water partition coefficient (Wildman–Crippen LogP) is 2.33. The summed E-state index contributed by atoms with van der Waals surface area (Å²) in [6, 6.07) is 7.43. The Morgan fingerprint density at radius 3 is 2.42 bits per heavy atom. The second-order valence-electron chi connectivity index (χ2n) is 5.86. The van der Waals surface area contributed by atoms with Crippen LogP contribution < -0.4 is 16.0 Å². The van der Waals surface area contributed by atoms with Gasteiger partial charge in [-0.05, 0) is 37.1 Å². The Bertz CT molecular complexity index is 640. The highest BCUT2D eigenvalue weighted by Gasteiger charge is 2.21. The molecule has 24 heavy (non-hydrogen) atoms. The lowest BCUT2D eigenvalue weighted by molar-refractivity contribution is -0.124. The van der Waals surface area contributed by atoms with Gasteiger partial charge >= 0.3 is 0 Å². The van der Waals surface area contributed by atoms with Gasteiger partial charge in [0.15, 0.2) is 5.82 Å². The van der Waals surface area contributed by atoms with Crippen LogP contribution in [0.4, 0.5) is 17.3 Å². The normalized spacial score (nSPS) is 14.3. The van der Waals surface area contributed by atoms with Crippen molar-refractivity contribution >= 4 is 23.2 Å². The molecule has 1 aliphatic rings. The highest BCUT2D eigenvalue weighted by atomic mass is 16.1. The first kappa shape index (κ1) is 16.2. The van der Waals surface area contributed by atoms with Crippen LogP contribution in [0.15, 0.2) is 36.7 Å². The van der Waals surface area contributed by atoms with E-state index < -0.39 is 0 Å². The van der Waals surface area contributed by atoms with Crippen LogP contribution in [0.3, 0.4) is 0 Å². The fourth-order valence-corrected chi connectivity index (χ4v) is 2.78. The Morgan fingerprint density at radius 2 is 1.71 bits per heavy atom. The summed E-state index contributed by atoms with van der Waals surface area (Å²) in [6.07, 6.45) is 7.82. The number of hydrogen-bond donors (Lipinski definition) is 3. The summed E-state index contributed by atoms with van der Waals surface area (Å²) in [5.74, 6) is 1.74. The maximum atomic E-state index is 11.9. The molecule has 2 aromatic rings. The van der Waals surface area contributed by atoms with Gasteiger partial charge in [-0.3, -0.25) is 9.78 Å². The van der Waals surface area contributed by atoms with Crippen LogP contribution in [0.2, 0.25) is 0 Å². The van der Waals surface area contributed by atoms with E-state index in [9.17, 15) is 4.79 Å². The van der Waals surface area contributed by atoms with Gasteiger partial charge in [0.05, 0.1) is 0 Å². The first-order chi connectivity index (χ1) is 11.8. The number of nitrogens with zero attached hydrogens (tertiary/aromatic N) is 3. The van der Waals surface area contributed by atoms with Crippen LogP contribution in [0.5, 0.6) is 0 Å². The molecule has 7 heteroatoms. The van der Waals surface area contributed by atoms with Gasteiger partial charge in [0.25, 0.3) is 0 Å². The van der Waals surface area contributed by atoms with Gasteiger partial charge in [-0.2, -0.15) is 0 Å². The fourth-order valence-electron chi connectivity index (χ4n) is 2.78. The van der Waals surface area contributed by atoms with E-state index in [4.69, 9.17) is 0 Å². The number of nitrogens with one attached hydrogen (secondary N) is 3. The number of amides is 1. The zero-order valence-corrected chi connectivity index (χ0v) is 13.5. The predicted molar refractivity (Wildman–Crippen MR) is 93.0 cm³/mol. The van der Waals surface area contributed by atoms with Gasteiger partial charge in [-0.15, -0.1) is 10.2 Å². The third kappa shape index (κ3) is 4.65. The summed E-state index contributed by atoms with van der Waals surface area (Å²) in [7, 11) is 0. The Hall–Kier alpha value is -2.70. The molecule has 126 valence electrons. The minimum absolute atomic E-state index is 0.178. The molecule has 1 amide bonds. The van der Waals surface area contributed by atoms with E-state index in [1.54, 1.807) is 12.4 Å². The van der Waals surface area contributed by atoms with Crippen LogP contribution in [-0.2, 0) is 4.79 Å². The second kappa shape index (κ2) is 8.24. The average Bonchev–Trinajstić information content (AvgIpc) is 3.16. The van der Waals surface area contributed by atoms with Gasteiger partial charge in [0.1, 0.15) is 5.82 Å². The minimum Gasteiger partial charge on any atom is -0.367 e. The molecule has 1 aliphatic carbocycles. The second-order valence-corrected chi connectivity index (χ2v) is 5.86. The molecular formula is C17H22N6O. The molecule has 0 aliphatic heterocycles. The van der Waals surface area contributed by atoms with E-state index in [0.29, 0.717) is 24.7 Å². The molecule has 0 radical (unpaired) electrons. The van der Waals surface area contributed by atoms with Crippen molar-refractivity contribution in [2.75, 3.05) is 23.7 Å². The molecule has 1 fully saturated rings. The lowest BCUT2D eigenvalue weighted by Crippen LogP contribution is -2.33. The Labute approximate surface area is 141 Å². The van der Waals surface area contributed by atoms with E-state index >= 15 is 0 Å². The van der Waals surface area contributed by atoms with Gasteiger partial charge in [0, 0.05) is 37.1 Å². The van der Waals surface area contributed by atoms with Crippen molar-refractivity contribution in [3.8, 4) is 0 Å². The van der Waals surface area contributed by atoms with E-state index in [1.807, 2.05) is 24.3 Å². The average molecular weight is 326 g/mol. The monoisotopic (exact) mass is 326 g/mol. The summed E-state index contributed by atoms with van der Waals surface area (Å²) in [5.41, 5.74) is 0.912. The molecule has 0 spiro atoms. The van der Waals surface area contributed by atoms with Gasteiger partial charge in [-0.25, -0.2) is 0 Å². The zero-order valence-electron chi connectivity index (χ0n) is 13.5. The highest BCUT2D eigenvalue weighted by molar-refractivity contribution is 5.78. The molecule has 3 rings (SSSR count). The lowest BCUT2D eigenvalue weighted by Gasteiger charge is -2.11. The Kier molecular flexibility index (Phi) is 5.55. The smallest absolute Gasteiger partial charge is 0.223 e. The van der Waals surface area contributed by atoms with Crippen LogP contribution >= 0.6 is 0 Å². The van der Waals surface area contributed by atoms with Crippen LogP contribution in [0.25, 0.3) is 0 Å². The third-order valence-electron chi connectivity index (χ3n) is 4.07. The van der Waals surface area contributed by atoms with E-state index in [1.165, 1.54) is 12.8 Å². The van der Waals surface area contributed by atoms with Crippen molar-refractivity contribution in [3.05, 3.63) is 36.7 Å². The van der Waals surface area contributed by atoms with Crippen LogP contribution in [0.1, 0.15) is 25.7 Å². The maximum Gasteiger partial charge on any atom is 0.223 e. The van der Waals surface area contributed by atoms with Crippen molar-refractivity contribution in [1.29, 1.82) is 0 Å². The van der Waals surface area contributed by atoms with Crippen molar-refractivity contribution in [2.45, 2.75) is 25.7 Å². The topological polar surface area (TPSA) is 91.8 Å². The molecule has 2 heterocycles. The molecule has 1 saturated carbocycles. The standard InChI is InChI=1S/C17H22N6O/c24-17(13-3-1-2-4-13)20-12-11-19-15-5-6-16(23-22-15)21-14-7-9-18-10-8-14/h5-10,13H,1-4,11-12H2,(H,19,22)(H,20,24)(H,18,21,23).